The maximum Gasteiger partial charge on any atom is 0.227 e. The number of nitrogens with one attached hydrogen (secondary N) is 1. The molecule has 1 aliphatic heterocycles. The zero-order chi connectivity index (χ0) is 23.8. The molecule has 0 saturated heterocycles. The number of hydrogen-bond donors (Lipinski definition) is 1. The minimum atomic E-state index is -0.474. The number of allylic oxidation sites excluding steroid dienone is 1. The van der Waals surface area contributed by atoms with Crippen molar-refractivity contribution in [2.45, 2.75) is 45.1 Å². The van der Waals surface area contributed by atoms with Crippen molar-refractivity contribution in [1.29, 1.82) is 0 Å². The van der Waals surface area contributed by atoms with Crippen LogP contribution < -0.4 is 10.2 Å². The molecule has 0 spiro atoms. The van der Waals surface area contributed by atoms with Gasteiger partial charge in [-0.2, -0.15) is 0 Å². The van der Waals surface area contributed by atoms with Crippen LogP contribution in [0.3, 0.4) is 0 Å². The number of carbonyl (C=O) groups is 2. The molecule has 5 heteroatoms. The van der Waals surface area contributed by atoms with Crippen molar-refractivity contribution in [3.05, 3.63) is 106 Å². The second-order valence-corrected chi connectivity index (χ2v) is 9.48. The Morgan fingerprint density at radius 3 is 2.35 bits per heavy atom. The molecule has 0 unspecified atom stereocenters. The molecule has 172 valence electrons. The van der Waals surface area contributed by atoms with Crippen molar-refractivity contribution in [2.75, 3.05) is 10.2 Å². The predicted molar refractivity (Wildman–Crippen MR) is 137 cm³/mol. The number of rotatable bonds is 3. The number of hydrogen-bond acceptors (Lipinski definition) is 3. The molecule has 4 nitrogen and oxygen atoms in total. The van der Waals surface area contributed by atoms with E-state index in [1.54, 1.807) is 0 Å². The summed E-state index contributed by atoms with van der Waals surface area (Å²) in [7, 11) is 0. The lowest BCUT2D eigenvalue weighted by Crippen LogP contribution is -2.38. The highest BCUT2D eigenvalue weighted by atomic mass is 35.5. The molecule has 0 fully saturated rings. The zero-order valence-corrected chi connectivity index (χ0v) is 20.1. The minimum absolute atomic E-state index is 0.0128. The van der Waals surface area contributed by atoms with Gasteiger partial charge in [0.1, 0.15) is 0 Å². The molecule has 0 saturated carbocycles. The van der Waals surface area contributed by atoms with Gasteiger partial charge in [-0.1, -0.05) is 72.6 Å². The molecule has 3 aromatic carbocycles. The van der Waals surface area contributed by atoms with E-state index in [1.807, 2.05) is 91.5 Å². The van der Waals surface area contributed by atoms with Gasteiger partial charge in [0.2, 0.25) is 5.91 Å². The topological polar surface area (TPSA) is 49.4 Å². The van der Waals surface area contributed by atoms with E-state index in [2.05, 4.69) is 5.32 Å². The second kappa shape index (κ2) is 9.11. The molecular formula is C29H27ClN2O2. The van der Waals surface area contributed by atoms with E-state index >= 15 is 0 Å². The summed E-state index contributed by atoms with van der Waals surface area (Å²) >= 11 is 6.10. The van der Waals surface area contributed by atoms with Gasteiger partial charge in [-0.3, -0.25) is 14.5 Å². The Bertz CT molecular complexity index is 1280. The van der Waals surface area contributed by atoms with Crippen molar-refractivity contribution in [3.8, 4) is 0 Å². The van der Waals surface area contributed by atoms with Crippen LogP contribution in [0.5, 0.6) is 0 Å². The molecule has 2 aliphatic rings. The third-order valence-electron chi connectivity index (χ3n) is 6.79. The molecule has 1 heterocycles. The SMILES string of the molecule is CCC(=O)N1c2ccccc2NC2=C(C(=O)C[C@H](c3ccc(Cl)cc3)C2)[C@H]1c1ccc(C)cc1. The number of halogens is 1. The molecule has 0 aromatic heterocycles. The van der Waals surface area contributed by atoms with Crippen LogP contribution in [0.15, 0.2) is 84.1 Å². The number of aryl methyl sites for hydroxylation is 1. The maximum atomic E-state index is 13.8. The summed E-state index contributed by atoms with van der Waals surface area (Å²) in [6, 6.07) is 23.2. The number of ketones is 1. The van der Waals surface area contributed by atoms with Crippen molar-refractivity contribution in [3.63, 3.8) is 0 Å². The van der Waals surface area contributed by atoms with Gasteiger partial charge in [0.15, 0.2) is 5.78 Å². The van der Waals surface area contributed by atoms with Crippen LogP contribution in [0.4, 0.5) is 11.4 Å². The summed E-state index contributed by atoms with van der Waals surface area (Å²) in [4.78, 5) is 29.0. The monoisotopic (exact) mass is 470 g/mol. The molecule has 34 heavy (non-hydrogen) atoms. The second-order valence-electron chi connectivity index (χ2n) is 9.04. The lowest BCUT2D eigenvalue weighted by Gasteiger charge is -2.35. The van der Waals surface area contributed by atoms with Crippen molar-refractivity contribution < 1.29 is 9.59 Å². The van der Waals surface area contributed by atoms with Crippen LogP contribution in [-0.2, 0) is 9.59 Å². The predicted octanol–water partition coefficient (Wildman–Crippen LogP) is 6.96. The smallest absolute Gasteiger partial charge is 0.227 e. The lowest BCUT2D eigenvalue weighted by molar-refractivity contribution is -0.119. The Balaban J connectivity index is 1.69. The first-order valence-corrected chi connectivity index (χ1v) is 12.1. The standard InChI is InChI=1S/C29H27ClN2O2/c1-3-27(34)32-25-7-5-4-6-23(25)31-24-16-21(19-12-14-22(30)15-13-19)17-26(33)28(24)29(32)20-10-8-18(2)9-11-20/h4-15,21,29,31H,3,16-17H2,1-2H3/t21-,29-/m1/s1. The van der Waals surface area contributed by atoms with E-state index in [0.717, 1.165) is 33.8 Å². The highest BCUT2D eigenvalue weighted by Crippen LogP contribution is 2.47. The van der Waals surface area contributed by atoms with Crippen LogP contribution in [0.1, 0.15) is 54.8 Å². The number of para-hydroxylation sites is 2. The average molecular weight is 471 g/mol. The first kappa shape index (κ1) is 22.4. The van der Waals surface area contributed by atoms with Gasteiger partial charge in [0.25, 0.3) is 0 Å². The third-order valence-corrected chi connectivity index (χ3v) is 7.05. The zero-order valence-electron chi connectivity index (χ0n) is 19.3. The molecule has 1 N–H and O–H groups in total. The van der Waals surface area contributed by atoms with E-state index in [9.17, 15) is 9.59 Å². The van der Waals surface area contributed by atoms with E-state index in [1.165, 1.54) is 0 Å². The third kappa shape index (κ3) is 4.03. The van der Waals surface area contributed by atoms with Gasteiger partial charge >= 0.3 is 0 Å². The first-order chi connectivity index (χ1) is 16.5. The molecular weight excluding hydrogens is 444 g/mol. The van der Waals surface area contributed by atoms with Crippen molar-refractivity contribution >= 4 is 34.7 Å². The lowest BCUT2D eigenvalue weighted by atomic mass is 9.78. The number of nitrogens with zero attached hydrogens (tertiary/aromatic N) is 1. The van der Waals surface area contributed by atoms with Crippen molar-refractivity contribution in [1.82, 2.24) is 0 Å². The van der Waals surface area contributed by atoms with Crippen LogP contribution in [0.25, 0.3) is 0 Å². The maximum absolute atomic E-state index is 13.8. The largest absolute Gasteiger partial charge is 0.357 e. The Morgan fingerprint density at radius 2 is 1.65 bits per heavy atom. The van der Waals surface area contributed by atoms with Crippen LogP contribution in [0, 0.1) is 6.92 Å². The van der Waals surface area contributed by atoms with Crippen LogP contribution in [-0.4, -0.2) is 11.7 Å². The van der Waals surface area contributed by atoms with Gasteiger partial charge in [-0.15, -0.1) is 0 Å². The molecule has 2 atom stereocenters. The molecule has 0 radical (unpaired) electrons. The quantitative estimate of drug-likeness (QED) is 0.450. The van der Waals surface area contributed by atoms with Gasteiger partial charge in [-0.25, -0.2) is 0 Å². The Kier molecular flexibility index (Phi) is 6.01. The minimum Gasteiger partial charge on any atom is -0.357 e. The summed E-state index contributed by atoms with van der Waals surface area (Å²) < 4.78 is 0. The van der Waals surface area contributed by atoms with Gasteiger partial charge in [-0.05, 0) is 54.7 Å². The van der Waals surface area contributed by atoms with E-state index in [0.29, 0.717) is 29.9 Å². The Hall–Kier alpha value is -3.37. The molecule has 3 aromatic rings. The molecule has 5 rings (SSSR count). The normalized spacial score (nSPS) is 19.7. The van der Waals surface area contributed by atoms with Crippen LogP contribution in [0.2, 0.25) is 5.02 Å². The molecule has 1 aliphatic carbocycles. The number of Topliss-reactive ketones (excluding diaryl/α,β-unsaturated/α-hetero) is 1. The summed E-state index contributed by atoms with van der Waals surface area (Å²) in [6.07, 6.45) is 1.43. The number of amides is 1. The van der Waals surface area contributed by atoms with Crippen molar-refractivity contribution in [2.24, 2.45) is 0 Å². The first-order valence-electron chi connectivity index (χ1n) is 11.7. The number of benzene rings is 3. The molecule has 0 bridgehead atoms. The fourth-order valence-corrected chi connectivity index (χ4v) is 5.20. The fourth-order valence-electron chi connectivity index (χ4n) is 5.07. The highest BCUT2D eigenvalue weighted by Gasteiger charge is 2.41. The average Bonchev–Trinajstić information content (AvgIpc) is 2.99. The van der Waals surface area contributed by atoms with E-state index < -0.39 is 6.04 Å². The van der Waals surface area contributed by atoms with Gasteiger partial charge in [0.05, 0.1) is 17.4 Å². The summed E-state index contributed by atoms with van der Waals surface area (Å²) in [5.41, 5.74) is 6.39. The summed E-state index contributed by atoms with van der Waals surface area (Å²) in [6.45, 7) is 3.90. The summed E-state index contributed by atoms with van der Waals surface area (Å²) in [5.74, 6) is 0.109. The summed E-state index contributed by atoms with van der Waals surface area (Å²) in [5, 5.41) is 4.24. The van der Waals surface area contributed by atoms with Crippen LogP contribution >= 0.6 is 11.6 Å². The number of anilines is 2. The van der Waals surface area contributed by atoms with Gasteiger partial charge in [0, 0.05) is 29.1 Å². The Morgan fingerprint density at radius 1 is 0.971 bits per heavy atom. The highest BCUT2D eigenvalue weighted by molar-refractivity contribution is 6.30. The van der Waals surface area contributed by atoms with E-state index in [4.69, 9.17) is 11.6 Å². The number of fused-ring (bicyclic) bond motifs is 1. The van der Waals surface area contributed by atoms with Gasteiger partial charge < -0.3 is 5.32 Å². The number of carbonyl (C=O) groups excluding carboxylic acids is 2. The van der Waals surface area contributed by atoms with E-state index in [-0.39, 0.29) is 17.6 Å². The molecule has 1 amide bonds. The fraction of sp³-hybridized carbons (Fsp3) is 0.241. The Labute approximate surface area is 205 Å².